The average Bonchev–Trinajstić information content (AvgIpc) is 3.71. The summed E-state index contributed by atoms with van der Waals surface area (Å²) >= 11 is 0. The van der Waals surface area contributed by atoms with E-state index in [-0.39, 0.29) is 49.8 Å². The number of benzene rings is 9. The first-order valence-corrected chi connectivity index (χ1v) is 15.4. The molecule has 10 aromatic rings. The van der Waals surface area contributed by atoms with Crippen molar-refractivity contribution in [1.82, 2.24) is 0 Å². The zero-order valence-corrected chi connectivity index (χ0v) is 25.3. The van der Waals surface area contributed by atoms with Crippen LogP contribution in [0.25, 0.3) is 98.8 Å². The molecule has 1 nitrogen and oxygen atoms in total. The molecule has 0 aliphatic rings. The van der Waals surface area contributed by atoms with Crippen LogP contribution in [0.15, 0.2) is 186 Å². The van der Waals surface area contributed by atoms with Gasteiger partial charge in [0.15, 0.2) is 0 Å². The molecule has 0 fully saturated rings. The lowest BCUT2D eigenvalue weighted by Crippen LogP contribution is -1.91. The largest absolute Gasteiger partial charge is 0.455 e. The maximum atomic E-state index is 9.58. The summed E-state index contributed by atoms with van der Waals surface area (Å²) in [5.74, 6) is 0.0565. The molecule has 10 rings (SSSR count). The Morgan fingerprint density at radius 2 is 0.898 bits per heavy atom. The van der Waals surface area contributed by atoms with Gasteiger partial charge in [-0.25, -0.2) is 0 Å². The Labute approximate surface area is 309 Å². The zero-order chi connectivity index (χ0) is 48.0. The van der Waals surface area contributed by atoms with Gasteiger partial charge in [0.2, 0.25) is 0 Å². The van der Waals surface area contributed by atoms with E-state index in [4.69, 9.17) is 23.6 Å². The van der Waals surface area contributed by atoms with Crippen LogP contribution in [0.1, 0.15) is 24.7 Å². The maximum absolute atomic E-state index is 9.58. The molecule has 0 radical (unpaired) electrons. The fraction of sp³-hybridized carbons (Fsp3) is 0. The summed E-state index contributed by atoms with van der Waals surface area (Å²) in [5, 5.41) is 2.27. The molecular formula is C48H30O. The molecule has 0 bridgehead atoms. The van der Waals surface area contributed by atoms with Gasteiger partial charge in [0, 0.05) is 22.1 Å². The first kappa shape index (κ1) is 15.2. The van der Waals surface area contributed by atoms with E-state index in [1.807, 2.05) is 48.5 Å². The second kappa shape index (κ2) is 11.1. The molecule has 1 heterocycles. The van der Waals surface area contributed by atoms with Crippen molar-refractivity contribution >= 4 is 54.1 Å². The van der Waals surface area contributed by atoms with Crippen molar-refractivity contribution in [2.75, 3.05) is 0 Å². The minimum absolute atomic E-state index is 0.0565. The van der Waals surface area contributed by atoms with E-state index in [1.54, 1.807) is 6.07 Å². The molecule has 9 aromatic carbocycles. The van der Waals surface area contributed by atoms with Crippen molar-refractivity contribution in [3.05, 3.63) is 182 Å². The number of rotatable bonds is 4. The predicted octanol–water partition coefficient (Wildman–Crippen LogP) is 13.7. The number of hydrogen-bond acceptors (Lipinski definition) is 1. The lowest BCUT2D eigenvalue weighted by atomic mass is 9.84. The van der Waals surface area contributed by atoms with Crippen molar-refractivity contribution in [3.63, 3.8) is 0 Å². The normalized spacial score (nSPS) is 16.8. The van der Waals surface area contributed by atoms with E-state index >= 15 is 0 Å². The van der Waals surface area contributed by atoms with Crippen LogP contribution in [0.5, 0.6) is 0 Å². The van der Waals surface area contributed by atoms with E-state index in [2.05, 4.69) is 0 Å². The molecule has 0 N–H and O–H groups in total. The fourth-order valence-corrected chi connectivity index (χ4v) is 6.74. The summed E-state index contributed by atoms with van der Waals surface area (Å²) in [6.07, 6.45) is 0. The lowest BCUT2D eigenvalue weighted by molar-refractivity contribution is 0.633. The third-order valence-corrected chi connectivity index (χ3v) is 8.86. The Morgan fingerprint density at radius 1 is 0.347 bits per heavy atom. The number of furan rings is 1. The average molecular weight is 641 g/mol. The summed E-state index contributed by atoms with van der Waals surface area (Å²) in [5.41, 5.74) is -0.545. The van der Waals surface area contributed by atoms with E-state index in [1.165, 1.54) is 18.2 Å². The van der Waals surface area contributed by atoms with Gasteiger partial charge in [0.25, 0.3) is 0 Å². The Hall–Kier alpha value is -6.44. The van der Waals surface area contributed by atoms with Crippen LogP contribution in [0.3, 0.4) is 0 Å². The topological polar surface area (TPSA) is 13.1 Å². The Morgan fingerprint density at radius 3 is 1.59 bits per heavy atom. The van der Waals surface area contributed by atoms with Crippen LogP contribution in [0.2, 0.25) is 0 Å². The zero-order valence-electron chi connectivity index (χ0n) is 43.3. The van der Waals surface area contributed by atoms with Crippen molar-refractivity contribution in [3.8, 4) is 44.7 Å². The highest BCUT2D eigenvalue weighted by Crippen LogP contribution is 2.50. The van der Waals surface area contributed by atoms with Crippen molar-refractivity contribution in [2.45, 2.75) is 0 Å². The quantitative estimate of drug-likeness (QED) is 0.138. The monoisotopic (exact) mass is 640 g/mol. The summed E-state index contributed by atoms with van der Waals surface area (Å²) in [7, 11) is 0. The minimum Gasteiger partial charge on any atom is -0.455 e. The smallest absolute Gasteiger partial charge is 0.143 e. The van der Waals surface area contributed by atoms with Crippen molar-refractivity contribution in [1.29, 1.82) is 0 Å². The van der Waals surface area contributed by atoms with Gasteiger partial charge >= 0.3 is 0 Å². The molecular weight excluding hydrogens is 593 g/mol. The molecule has 0 amide bonds. The van der Waals surface area contributed by atoms with E-state index < -0.39 is 131 Å². The molecule has 1 aromatic heterocycles. The van der Waals surface area contributed by atoms with Crippen molar-refractivity contribution < 1.29 is 29.1 Å². The molecule has 0 aliphatic carbocycles. The maximum Gasteiger partial charge on any atom is 0.143 e. The Balaban J connectivity index is 1.48. The molecule has 0 saturated carbocycles. The lowest BCUT2D eigenvalue weighted by Gasteiger charge is -2.18. The molecule has 228 valence electrons. The molecule has 1 heteroatoms. The predicted molar refractivity (Wildman–Crippen MR) is 208 cm³/mol. The SMILES string of the molecule is [2H]c1c([2H])c([2H])c(-c2ccc3c(-c4c5c([2H])c([2H])c([2H])c([2H])c5c(-c5c([2H])c([2H])c([2H])c([2H])c5[2H])c5c([2H])c([2H])c([2H])c([2H])c45)c(-c4ccc5ccc6ccccc6c5c4)oc3c2)c([2H])c1[2H]. The fourth-order valence-electron chi connectivity index (χ4n) is 6.74. The van der Waals surface area contributed by atoms with Gasteiger partial charge in [-0.1, -0.05) is 163 Å². The molecule has 49 heavy (non-hydrogen) atoms. The summed E-state index contributed by atoms with van der Waals surface area (Å²) in [4.78, 5) is 0. The van der Waals surface area contributed by atoms with E-state index in [0.29, 0.717) is 5.56 Å². The van der Waals surface area contributed by atoms with Crippen LogP contribution in [0.4, 0.5) is 0 Å². The third-order valence-electron chi connectivity index (χ3n) is 8.86. The molecule has 0 aliphatic heterocycles. The summed E-state index contributed by atoms with van der Waals surface area (Å²) < 4.78 is 167. The van der Waals surface area contributed by atoms with Gasteiger partial charge in [0.1, 0.15) is 11.3 Å². The van der Waals surface area contributed by atoms with E-state index in [0.717, 1.165) is 21.5 Å². The molecule has 0 spiro atoms. The molecule has 0 atom stereocenters. The molecule has 0 saturated heterocycles. The Bertz CT molecular complexity index is 3770. The number of fused-ring (bicyclic) bond motifs is 6. The van der Waals surface area contributed by atoms with Gasteiger partial charge in [-0.05, 0) is 83.5 Å². The van der Waals surface area contributed by atoms with Gasteiger partial charge in [-0.15, -0.1) is 0 Å². The summed E-state index contributed by atoms with van der Waals surface area (Å²) in [6, 6.07) is 9.17. The second-order valence-electron chi connectivity index (χ2n) is 11.5. The highest BCUT2D eigenvalue weighted by atomic mass is 16.3. The molecule has 0 unspecified atom stereocenters. The van der Waals surface area contributed by atoms with Crippen LogP contribution in [-0.4, -0.2) is 0 Å². The highest BCUT2D eigenvalue weighted by molar-refractivity contribution is 6.25. The standard InChI is InChI=1S/C48H30O/c1-3-13-31(14-4-1)35-27-28-42-44(30-35)49-48(36-26-25-33-24-23-32-15-7-8-18-37(32)43(33)29-36)47(42)46-40-21-11-9-19-38(40)45(34-16-5-2-6-17-34)39-20-10-12-22-41(39)46/h1-30H/i1D,2D,3D,4D,5D,6D,9D,10D,11D,12D,13D,14D,16D,17D,19D,20D,21D,22D. The van der Waals surface area contributed by atoms with Crippen LogP contribution in [-0.2, 0) is 0 Å². The van der Waals surface area contributed by atoms with Crippen LogP contribution < -0.4 is 0 Å². The van der Waals surface area contributed by atoms with Crippen LogP contribution >= 0.6 is 0 Å². The summed E-state index contributed by atoms with van der Waals surface area (Å²) in [6.45, 7) is 0. The van der Waals surface area contributed by atoms with Gasteiger partial charge < -0.3 is 4.42 Å². The van der Waals surface area contributed by atoms with Crippen molar-refractivity contribution in [2.24, 2.45) is 0 Å². The first-order chi connectivity index (χ1) is 31.8. The first-order valence-electron chi connectivity index (χ1n) is 24.4. The van der Waals surface area contributed by atoms with Gasteiger partial charge in [-0.3, -0.25) is 0 Å². The highest BCUT2D eigenvalue weighted by Gasteiger charge is 2.24. The van der Waals surface area contributed by atoms with Gasteiger partial charge in [-0.2, -0.15) is 0 Å². The minimum atomic E-state index is -0.787. The van der Waals surface area contributed by atoms with Gasteiger partial charge in [0.05, 0.1) is 24.7 Å². The Kier molecular flexibility index (Phi) is 3.43. The second-order valence-corrected chi connectivity index (χ2v) is 11.5. The van der Waals surface area contributed by atoms with Crippen LogP contribution in [0, 0.1) is 0 Å². The third kappa shape index (κ3) is 4.40. The number of hydrogen-bond donors (Lipinski definition) is 0. The van der Waals surface area contributed by atoms with E-state index in [9.17, 15) is 5.48 Å².